The Kier molecular flexibility index (Phi) is 7.75. The van der Waals surface area contributed by atoms with E-state index in [-0.39, 0.29) is 12.7 Å². The number of nitriles is 1. The molecule has 0 bridgehead atoms. The molecule has 1 saturated carbocycles. The molecule has 210 valence electrons. The summed E-state index contributed by atoms with van der Waals surface area (Å²) in [6, 6.07) is 5.90. The highest BCUT2D eigenvalue weighted by Crippen LogP contribution is 2.50. The van der Waals surface area contributed by atoms with Crippen LogP contribution < -0.4 is 0 Å². The molecule has 2 saturated heterocycles. The molecule has 3 aliphatic rings. The lowest BCUT2D eigenvalue weighted by atomic mass is 9.96. The van der Waals surface area contributed by atoms with Gasteiger partial charge in [-0.05, 0) is 51.7 Å². The van der Waals surface area contributed by atoms with Gasteiger partial charge in [0.15, 0.2) is 11.6 Å². The van der Waals surface area contributed by atoms with E-state index < -0.39 is 35.9 Å². The van der Waals surface area contributed by atoms with Crippen molar-refractivity contribution in [1.82, 2.24) is 19.5 Å². The van der Waals surface area contributed by atoms with Gasteiger partial charge in [0.1, 0.15) is 48.9 Å². The molecule has 12 nitrogen and oxygen atoms in total. The fourth-order valence-corrected chi connectivity index (χ4v) is 5.50. The minimum Gasteiger partial charge on any atom is -0.431 e. The summed E-state index contributed by atoms with van der Waals surface area (Å²) >= 11 is 0. The molecule has 0 spiro atoms. The lowest BCUT2D eigenvalue weighted by molar-refractivity contribution is -0.206. The van der Waals surface area contributed by atoms with Crippen molar-refractivity contribution in [3.63, 3.8) is 0 Å². The summed E-state index contributed by atoms with van der Waals surface area (Å²) in [6.07, 6.45) is 7.06. The van der Waals surface area contributed by atoms with Crippen LogP contribution in [0.4, 0.5) is 10.6 Å². The first-order valence-corrected chi connectivity index (χ1v) is 13.5. The van der Waals surface area contributed by atoms with E-state index in [9.17, 15) is 10.1 Å². The zero-order valence-electron chi connectivity index (χ0n) is 22.9. The van der Waals surface area contributed by atoms with Gasteiger partial charge >= 0.3 is 6.16 Å². The fraction of sp³-hybridized carbons (Fsp3) is 0.667. The summed E-state index contributed by atoms with van der Waals surface area (Å²) < 4.78 is 31.5. The Morgan fingerprint density at radius 3 is 2.67 bits per heavy atom. The summed E-state index contributed by atoms with van der Waals surface area (Å²) in [4.78, 5) is 23.2. The Morgan fingerprint density at radius 1 is 1.21 bits per heavy atom. The Morgan fingerprint density at radius 2 is 1.95 bits per heavy atom. The normalized spacial score (nSPS) is 29.1. The first-order valence-electron chi connectivity index (χ1n) is 13.5. The number of nitrogens with zero attached hydrogens (tertiary/aromatic N) is 6. The highest BCUT2D eigenvalue weighted by molar-refractivity contribution is 5.71. The van der Waals surface area contributed by atoms with Crippen LogP contribution in [0.25, 0.3) is 5.52 Å². The first kappa shape index (κ1) is 27.3. The minimum atomic E-state index is -1.61. The summed E-state index contributed by atoms with van der Waals surface area (Å²) in [5, 5.41) is 14.7. The van der Waals surface area contributed by atoms with Crippen LogP contribution in [0.5, 0.6) is 0 Å². The maximum absolute atomic E-state index is 12.7. The molecule has 2 aromatic rings. The van der Waals surface area contributed by atoms with Crippen LogP contribution in [0, 0.1) is 11.3 Å². The second-order valence-electron chi connectivity index (χ2n) is 11.0. The summed E-state index contributed by atoms with van der Waals surface area (Å²) in [5.74, 6) is -0.488. The fourth-order valence-electron chi connectivity index (χ4n) is 5.50. The lowest BCUT2D eigenvalue weighted by Gasteiger charge is -2.29. The topological polar surface area (TPSA) is 133 Å². The standard InChI is InChI=1S/C27H36N6O6/c1-26(2)37-22-21(19-12-13-20-24(30-17-32(3)4)29-16-31-33(19)20)38-27(14-28,23(22)39-26)15-35-25(34)36-18-10-8-6-5-7-9-11-18/h12-13,16-18,21-23H,5-11,15H2,1-4H3/t21-,22-,23-,27+/m0/s1. The van der Waals surface area contributed by atoms with Crippen LogP contribution in [-0.2, 0) is 23.7 Å². The number of fused-ring (bicyclic) bond motifs is 2. The van der Waals surface area contributed by atoms with E-state index >= 15 is 0 Å². The highest BCUT2D eigenvalue weighted by atomic mass is 16.8. The van der Waals surface area contributed by atoms with Crippen molar-refractivity contribution in [3.05, 3.63) is 24.2 Å². The van der Waals surface area contributed by atoms with Crippen molar-refractivity contribution >= 4 is 23.8 Å². The molecule has 0 N–H and O–H groups in total. The third-order valence-electron chi connectivity index (χ3n) is 7.30. The molecule has 4 atom stereocenters. The molecule has 3 fully saturated rings. The van der Waals surface area contributed by atoms with Crippen LogP contribution in [0.15, 0.2) is 23.5 Å². The van der Waals surface area contributed by atoms with Gasteiger partial charge in [-0.25, -0.2) is 19.3 Å². The van der Waals surface area contributed by atoms with Gasteiger partial charge in [-0.2, -0.15) is 10.4 Å². The van der Waals surface area contributed by atoms with Crippen LogP contribution in [0.3, 0.4) is 0 Å². The SMILES string of the molecule is CN(C)C=Nc1ncnn2c([C@@H]3O[C@](C#N)(COC(=O)OC4CCCCCCC4)[C@H]4OC(C)(C)O[C@@H]34)ccc12. The minimum absolute atomic E-state index is 0.179. The third-order valence-corrected chi connectivity index (χ3v) is 7.30. The molecular weight excluding hydrogens is 504 g/mol. The molecule has 5 rings (SSSR count). The lowest BCUT2D eigenvalue weighted by Crippen LogP contribution is -2.46. The molecule has 0 radical (unpaired) electrons. The van der Waals surface area contributed by atoms with Crippen molar-refractivity contribution < 1.29 is 28.5 Å². The van der Waals surface area contributed by atoms with Crippen LogP contribution >= 0.6 is 0 Å². The largest absolute Gasteiger partial charge is 0.508 e. The van der Waals surface area contributed by atoms with E-state index in [1.165, 1.54) is 12.7 Å². The third kappa shape index (κ3) is 5.71. The van der Waals surface area contributed by atoms with E-state index in [1.54, 1.807) is 24.7 Å². The number of carbonyl (C=O) groups is 1. The van der Waals surface area contributed by atoms with Crippen molar-refractivity contribution in [2.45, 2.75) is 94.6 Å². The molecule has 0 amide bonds. The average Bonchev–Trinajstić information content (AvgIpc) is 3.53. The average molecular weight is 541 g/mol. The van der Waals surface area contributed by atoms with Gasteiger partial charge in [0, 0.05) is 14.1 Å². The molecule has 4 heterocycles. The van der Waals surface area contributed by atoms with E-state index in [2.05, 4.69) is 21.1 Å². The van der Waals surface area contributed by atoms with Crippen molar-refractivity contribution in [3.8, 4) is 6.07 Å². The van der Waals surface area contributed by atoms with Crippen molar-refractivity contribution in [1.29, 1.82) is 5.26 Å². The molecule has 39 heavy (non-hydrogen) atoms. The maximum Gasteiger partial charge on any atom is 0.508 e. The quantitative estimate of drug-likeness (QED) is 0.300. The van der Waals surface area contributed by atoms with Crippen LogP contribution in [0.2, 0.25) is 0 Å². The zero-order valence-corrected chi connectivity index (χ0v) is 22.9. The van der Waals surface area contributed by atoms with Gasteiger partial charge in [-0.15, -0.1) is 0 Å². The molecule has 0 unspecified atom stereocenters. The van der Waals surface area contributed by atoms with Gasteiger partial charge in [-0.1, -0.05) is 19.3 Å². The monoisotopic (exact) mass is 540 g/mol. The maximum atomic E-state index is 12.7. The number of aromatic nitrogens is 3. The van der Waals surface area contributed by atoms with Gasteiger partial charge in [-0.3, -0.25) is 0 Å². The van der Waals surface area contributed by atoms with Crippen LogP contribution in [0.1, 0.15) is 70.6 Å². The molecule has 12 heteroatoms. The van der Waals surface area contributed by atoms with Gasteiger partial charge < -0.3 is 28.6 Å². The Bertz CT molecular complexity index is 1250. The Hall–Kier alpha value is -3.27. The molecular formula is C27H36N6O6. The number of ether oxygens (including phenoxy) is 5. The summed E-state index contributed by atoms with van der Waals surface area (Å²) in [6.45, 7) is 3.20. The number of carbonyl (C=O) groups excluding carboxylic acids is 1. The molecule has 1 aliphatic carbocycles. The second kappa shape index (κ2) is 11.1. The number of hydrogen-bond donors (Lipinski definition) is 0. The summed E-state index contributed by atoms with van der Waals surface area (Å²) in [5.41, 5.74) is -0.303. The molecule has 0 aromatic carbocycles. The smallest absolute Gasteiger partial charge is 0.431 e. The van der Waals surface area contributed by atoms with E-state index in [1.807, 2.05) is 31.1 Å². The van der Waals surface area contributed by atoms with E-state index in [0.29, 0.717) is 17.0 Å². The Balaban J connectivity index is 1.37. The van der Waals surface area contributed by atoms with Crippen molar-refractivity contribution in [2.24, 2.45) is 4.99 Å². The predicted molar refractivity (Wildman–Crippen MR) is 139 cm³/mol. The Labute approximate surface area is 227 Å². The first-order chi connectivity index (χ1) is 18.7. The molecule has 2 aromatic heterocycles. The second-order valence-corrected chi connectivity index (χ2v) is 11.0. The number of rotatable bonds is 6. The van der Waals surface area contributed by atoms with E-state index in [0.717, 1.165) is 38.5 Å². The highest BCUT2D eigenvalue weighted by Gasteiger charge is 2.65. The van der Waals surface area contributed by atoms with Crippen LogP contribution in [-0.4, -0.2) is 82.4 Å². The van der Waals surface area contributed by atoms with Gasteiger partial charge in [0.25, 0.3) is 0 Å². The van der Waals surface area contributed by atoms with Gasteiger partial charge in [0.2, 0.25) is 5.60 Å². The summed E-state index contributed by atoms with van der Waals surface area (Å²) in [7, 11) is 3.74. The van der Waals surface area contributed by atoms with Gasteiger partial charge in [0.05, 0.1) is 12.0 Å². The van der Waals surface area contributed by atoms with Crippen molar-refractivity contribution in [2.75, 3.05) is 20.7 Å². The predicted octanol–water partition coefficient (Wildman–Crippen LogP) is 4.07. The van der Waals surface area contributed by atoms with E-state index in [4.69, 9.17) is 23.7 Å². The molecule has 2 aliphatic heterocycles. The zero-order chi connectivity index (χ0) is 27.6. The number of hydrogen-bond acceptors (Lipinski definition) is 10. The number of aliphatic imine (C=N–C) groups is 1.